The van der Waals surface area contributed by atoms with Crippen LogP contribution in [-0.2, 0) is 44.4 Å². The largest absolute Gasteiger partial charge is 0.444 e. The summed E-state index contributed by atoms with van der Waals surface area (Å²) in [6.45, 7) is 16.4. The predicted molar refractivity (Wildman–Crippen MR) is 299 cm³/mol. The maximum atomic E-state index is 14.3. The van der Waals surface area contributed by atoms with E-state index in [9.17, 15) is 14.4 Å². The number of ether oxygens (including phenoxy) is 2. The molecule has 12 rings (SSSR count). The van der Waals surface area contributed by atoms with Crippen molar-refractivity contribution in [1.82, 2.24) is 58.4 Å². The number of nitrogens with zero attached hydrogens (tertiary/aromatic N) is 12. The van der Waals surface area contributed by atoms with E-state index in [-0.39, 0.29) is 36.0 Å². The van der Waals surface area contributed by atoms with Crippen LogP contribution >= 0.6 is 23.2 Å². The number of rotatable bonds is 9. The van der Waals surface area contributed by atoms with Crippen LogP contribution in [0.15, 0.2) is 58.6 Å². The molecule has 2 N–H and O–H groups in total. The fourth-order valence-electron chi connectivity index (χ4n) is 11.6. The first kappa shape index (κ1) is 50.9. The van der Waals surface area contributed by atoms with Gasteiger partial charge < -0.3 is 39.0 Å². The van der Waals surface area contributed by atoms with E-state index in [1.165, 1.54) is 0 Å². The van der Waals surface area contributed by atoms with E-state index in [2.05, 4.69) is 49.9 Å². The van der Waals surface area contributed by atoms with Crippen LogP contribution in [0.25, 0.3) is 66.1 Å². The Hall–Kier alpha value is -6.19. The number of aromatic amines is 1. The first-order valence-corrected chi connectivity index (χ1v) is 30.4. The number of hydrogen-bond donors (Lipinski definition) is 2. The Labute approximate surface area is 445 Å². The van der Waals surface area contributed by atoms with Crippen molar-refractivity contribution in [3.05, 3.63) is 79.8 Å². The van der Waals surface area contributed by atoms with Crippen LogP contribution in [0, 0.1) is 0 Å². The lowest BCUT2D eigenvalue weighted by molar-refractivity contribution is 0.0208. The quantitative estimate of drug-likeness (QED) is 0.104. The number of benzene rings is 2. The molecule has 75 heavy (non-hydrogen) atoms. The number of nitrogens with one attached hydrogen (secondary N) is 2. The second kappa shape index (κ2) is 19.1. The molecule has 4 unspecified atom stereocenters. The molecule has 4 bridgehead atoms. The van der Waals surface area contributed by atoms with Gasteiger partial charge in [0.05, 0.1) is 43.9 Å². The number of aromatic nitrogens is 10. The zero-order valence-corrected chi connectivity index (χ0v) is 46.9. The van der Waals surface area contributed by atoms with Gasteiger partial charge in [0.15, 0.2) is 5.65 Å². The summed E-state index contributed by atoms with van der Waals surface area (Å²) in [4.78, 5) is 60.4. The van der Waals surface area contributed by atoms with Gasteiger partial charge in [-0.05, 0) is 64.6 Å². The summed E-state index contributed by atoms with van der Waals surface area (Å²) in [6.07, 6.45) is 11.3. The SMILES string of the molecule is Cn1cc2c(Cl)c(-c3c[nH]c4nc(N5C6CCC5CNC6)n(C)c(=O)c34)ccc2n1.Cn1cc2c(Cl)c(-c3cn(COCC[Si](C)(C)C)c4nc(N5C6CCC5CN(C(=O)OC(C)(C)C)C6)n(C)c(=O)c34)ccc2n1. The molecule has 396 valence electrons. The monoisotopic (exact) mass is 1080 g/mol. The van der Waals surface area contributed by atoms with Crippen molar-refractivity contribution in [3.8, 4) is 22.3 Å². The van der Waals surface area contributed by atoms with Gasteiger partial charge in [-0.3, -0.25) is 28.1 Å². The highest BCUT2D eigenvalue weighted by molar-refractivity contribution is 6.76. The number of amides is 1. The van der Waals surface area contributed by atoms with Crippen molar-refractivity contribution in [1.29, 1.82) is 0 Å². The highest BCUT2D eigenvalue weighted by Crippen LogP contribution is 2.41. The molecule has 6 aromatic heterocycles. The molecule has 0 radical (unpaired) electrons. The van der Waals surface area contributed by atoms with E-state index in [1.54, 1.807) is 30.4 Å². The minimum absolute atomic E-state index is 0.0325. The fraction of sp³-hybridized carbons (Fsp3) is 0.491. The Morgan fingerprint density at radius 1 is 0.720 bits per heavy atom. The number of piperazine rings is 2. The van der Waals surface area contributed by atoms with E-state index >= 15 is 0 Å². The third-order valence-electron chi connectivity index (χ3n) is 15.2. The molecule has 22 heteroatoms. The molecule has 4 fully saturated rings. The Bertz CT molecular complexity index is 3640. The maximum Gasteiger partial charge on any atom is 0.410 e. The van der Waals surface area contributed by atoms with Crippen LogP contribution in [0.4, 0.5) is 16.7 Å². The van der Waals surface area contributed by atoms with Gasteiger partial charge in [-0.2, -0.15) is 20.2 Å². The second-order valence-corrected chi connectivity index (χ2v) is 29.4. The molecule has 4 aliphatic rings. The Morgan fingerprint density at radius 3 is 1.83 bits per heavy atom. The standard InChI is InChI=1S/C32H44ClN7O4Si.C21H22ClN7O/c1-32(2,3)44-31(42)38-15-20-9-10-21(16-38)40(20)30-34-28-26(29(41)37(30)5)23(18-39(28)19-43-13-14-45(6,7)8)22-11-12-25-24(27(22)33)17-36(4)35-25;1-27-10-15-16(26-27)6-5-13(18(15)22)14-9-24-19-17(14)20(30)28(2)21(25-19)29-11-3-4-12(29)8-23-7-11/h11-12,17-18,20-21H,9-10,13-16,19H2,1-8H3;5-6,9-12,23-24H,3-4,7-8H2,1-2H3. The molecule has 1 amide bonds. The molecule has 4 atom stereocenters. The summed E-state index contributed by atoms with van der Waals surface area (Å²) in [7, 11) is 6.04. The summed E-state index contributed by atoms with van der Waals surface area (Å²) in [6, 6.07) is 9.57. The number of likely N-dealkylation sites (tertiary alicyclic amines) is 1. The average molecular weight is 1080 g/mol. The summed E-state index contributed by atoms with van der Waals surface area (Å²) in [5.41, 5.74) is 5.04. The van der Waals surface area contributed by atoms with Crippen LogP contribution < -0.4 is 26.2 Å². The summed E-state index contributed by atoms with van der Waals surface area (Å²) >= 11 is 13.7. The van der Waals surface area contributed by atoms with Gasteiger partial charge in [-0.15, -0.1) is 0 Å². The number of carbonyl (C=O) groups is 1. The Balaban J connectivity index is 0.000000173. The van der Waals surface area contributed by atoms with Crippen molar-refractivity contribution in [2.75, 3.05) is 42.6 Å². The van der Waals surface area contributed by atoms with Crippen LogP contribution in [-0.4, -0.2) is 130 Å². The smallest absolute Gasteiger partial charge is 0.410 e. The summed E-state index contributed by atoms with van der Waals surface area (Å²) in [5, 5.41) is 16.3. The first-order chi connectivity index (χ1) is 35.6. The Morgan fingerprint density at radius 2 is 1.25 bits per heavy atom. The molecule has 2 aromatic carbocycles. The molecule has 0 spiro atoms. The van der Waals surface area contributed by atoms with Gasteiger partial charge in [0.2, 0.25) is 11.9 Å². The molecule has 19 nitrogen and oxygen atoms in total. The maximum absolute atomic E-state index is 14.3. The van der Waals surface area contributed by atoms with Crippen molar-refractivity contribution >= 4 is 93.1 Å². The Kier molecular flexibility index (Phi) is 13.0. The highest BCUT2D eigenvalue weighted by Gasteiger charge is 2.45. The third-order valence-corrected chi connectivity index (χ3v) is 17.7. The number of aryl methyl sites for hydroxylation is 2. The minimum atomic E-state index is -1.28. The molecular weight excluding hydrogens is 1010 g/mol. The van der Waals surface area contributed by atoms with Gasteiger partial charge >= 0.3 is 6.09 Å². The lowest BCUT2D eigenvalue weighted by atomic mass is 10.0. The van der Waals surface area contributed by atoms with E-state index in [0.717, 1.165) is 89.3 Å². The average Bonchev–Trinajstić information content (AvgIpc) is 4.21. The molecule has 4 aliphatic heterocycles. The molecule has 0 saturated carbocycles. The van der Waals surface area contributed by atoms with E-state index < -0.39 is 13.7 Å². The zero-order chi connectivity index (χ0) is 53.0. The highest BCUT2D eigenvalue weighted by atomic mass is 35.5. The van der Waals surface area contributed by atoms with E-state index in [0.29, 0.717) is 75.4 Å². The lowest BCUT2D eigenvalue weighted by Gasteiger charge is -2.42. The number of hydrogen-bond acceptors (Lipinski definition) is 12. The molecule has 8 aromatic rings. The van der Waals surface area contributed by atoms with Crippen molar-refractivity contribution in [3.63, 3.8) is 0 Å². The first-order valence-electron chi connectivity index (χ1n) is 25.9. The summed E-state index contributed by atoms with van der Waals surface area (Å²) in [5.74, 6) is 1.34. The molecular formula is C53H66Cl2N14O5Si. The van der Waals surface area contributed by atoms with Gasteiger partial charge in [0, 0.05) is 139 Å². The zero-order valence-electron chi connectivity index (χ0n) is 44.4. The predicted octanol–water partition coefficient (Wildman–Crippen LogP) is 8.25. The van der Waals surface area contributed by atoms with Crippen molar-refractivity contribution in [2.24, 2.45) is 28.2 Å². The van der Waals surface area contributed by atoms with Crippen molar-refractivity contribution in [2.45, 2.75) is 109 Å². The molecule has 4 saturated heterocycles. The van der Waals surface area contributed by atoms with Gasteiger partial charge in [0.1, 0.15) is 18.0 Å². The number of H-pyrrole nitrogens is 1. The number of fused-ring (bicyclic) bond motifs is 8. The van der Waals surface area contributed by atoms with Crippen LogP contribution in [0.1, 0.15) is 46.5 Å². The van der Waals surface area contributed by atoms with E-state index in [4.69, 9.17) is 42.6 Å². The third kappa shape index (κ3) is 9.29. The minimum Gasteiger partial charge on any atom is -0.444 e. The normalized spacial score (nSPS) is 19.8. The molecule has 10 heterocycles. The number of anilines is 2. The van der Waals surface area contributed by atoms with Gasteiger partial charge in [-0.1, -0.05) is 55.0 Å². The number of carbonyl (C=O) groups excluding carboxylic acids is 1. The van der Waals surface area contributed by atoms with Crippen molar-refractivity contribution < 1.29 is 14.3 Å². The van der Waals surface area contributed by atoms with Crippen LogP contribution in [0.3, 0.4) is 0 Å². The summed E-state index contributed by atoms with van der Waals surface area (Å²) < 4.78 is 20.6. The topological polar surface area (TPSA) is 183 Å². The lowest BCUT2D eigenvalue weighted by Crippen LogP contribution is -2.57. The van der Waals surface area contributed by atoms with Gasteiger partial charge in [-0.25, -0.2) is 4.79 Å². The van der Waals surface area contributed by atoms with Gasteiger partial charge in [0.25, 0.3) is 11.1 Å². The fourth-order valence-corrected chi connectivity index (χ4v) is 12.9. The molecule has 0 aliphatic carbocycles. The van der Waals surface area contributed by atoms with Crippen LogP contribution in [0.2, 0.25) is 35.7 Å². The van der Waals surface area contributed by atoms with Crippen LogP contribution in [0.5, 0.6) is 0 Å². The number of halogens is 2. The second-order valence-electron chi connectivity index (χ2n) is 23.0. The van der Waals surface area contributed by atoms with E-state index in [1.807, 2.05) is 95.5 Å².